The summed E-state index contributed by atoms with van der Waals surface area (Å²) in [5.41, 5.74) is 2.91. The summed E-state index contributed by atoms with van der Waals surface area (Å²) in [6.07, 6.45) is 7.82. The second-order valence-electron chi connectivity index (χ2n) is 6.59. The van der Waals surface area contributed by atoms with Gasteiger partial charge in [-0.3, -0.25) is 4.79 Å². The van der Waals surface area contributed by atoms with Crippen molar-refractivity contribution < 1.29 is 9.53 Å². The van der Waals surface area contributed by atoms with Crippen LogP contribution < -0.4 is 5.32 Å². The topological polar surface area (TPSA) is 38.3 Å². The van der Waals surface area contributed by atoms with Crippen LogP contribution in [0.3, 0.4) is 0 Å². The molecule has 0 saturated carbocycles. The molecule has 1 rings (SSSR count). The highest BCUT2D eigenvalue weighted by Gasteiger charge is 2.18. The zero-order valence-corrected chi connectivity index (χ0v) is 15.0. The molecule has 1 atom stereocenters. The van der Waals surface area contributed by atoms with Crippen LogP contribution >= 0.6 is 0 Å². The van der Waals surface area contributed by atoms with E-state index in [4.69, 9.17) is 4.74 Å². The molecule has 124 valence electrons. The van der Waals surface area contributed by atoms with Crippen LogP contribution in [0, 0.1) is 5.92 Å². The number of allylic oxidation sites excluding steroid dienone is 3. The van der Waals surface area contributed by atoms with Gasteiger partial charge in [0, 0.05) is 11.6 Å². The smallest absolute Gasteiger partial charge is 0.251 e. The van der Waals surface area contributed by atoms with E-state index in [9.17, 15) is 4.79 Å². The fraction of sp³-hybridized carbons (Fsp3) is 0.632. The number of methoxy groups -OCH3 is 1. The van der Waals surface area contributed by atoms with Crippen molar-refractivity contribution in [2.45, 2.75) is 66.3 Å². The van der Waals surface area contributed by atoms with Crippen molar-refractivity contribution in [2.75, 3.05) is 7.11 Å². The Labute approximate surface area is 135 Å². The average molecular weight is 305 g/mol. The van der Waals surface area contributed by atoms with Crippen LogP contribution in [0.4, 0.5) is 0 Å². The molecule has 0 heterocycles. The molecule has 1 aliphatic rings. The van der Waals surface area contributed by atoms with Gasteiger partial charge in [0.2, 0.25) is 0 Å². The predicted octanol–water partition coefficient (Wildman–Crippen LogP) is 4.51. The summed E-state index contributed by atoms with van der Waals surface area (Å²) < 4.78 is 5.44. The minimum atomic E-state index is 0.0311. The summed E-state index contributed by atoms with van der Waals surface area (Å²) >= 11 is 0. The molecule has 0 radical (unpaired) electrons. The van der Waals surface area contributed by atoms with Gasteiger partial charge in [-0.1, -0.05) is 33.3 Å². The Balaban J connectivity index is 2.83. The van der Waals surface area contributed by atoms with Crippen LogP contribution in [-0.2, 0) is 9.53 Å². The number of ether oxygens (including phenoxy) is 1. The Morgan fingerprint density at radius 1 is 1.36 bits per heavy atom. The van der Waals surface area contributed by atoms with Crippen molar-refractivity contribution in [3.05, 3.63) is 34.6 Å². The summed E-state index contributed by atoms with van der Waals surface area (Å²) in [6, 6.07) is 0.256. The highest BCUT2D eigenvalue weighted by Crippen LogP contribution is 2.24. The molecule has 1 aliphatic carbocycles. The first kappa shape index (κ1) is 18.5. The van der Waals surface area contributed by atoms with E-state index >= 15 is 0 Å². The van der Waals surface area contributed by atoms with Gasteiger partial charge in [-0.2, -0.15) is 0 Å². The molecule has 0 bridgehead atoms. The lowest BCUT2D eigenvalue weighted by atomic mass is 9.99. The third-order valence-electron chi connectivity index (χ3n) is 3.94. The van der Waals surface area contributed by atoms with Crippen LogP contribution in [0.15, 0.2) is 34.6 Å². The van der Waals surface area contributed by atoms with Gasteiger partial charge in [-0.25, -0.2) is 0 Å². The van der Waals surface area contributed by atoms with Crippen LogP contribution in [-0.4, -0.2) is 19.1 Å². The lowest BCUT2D eigenvalue weighted by Crippen LogP contribution is -2.36. The zero-order chi connectivity index (χ0) is 16.7. The van der Waals surface area contributed by atoms with Crippen molar-refractivity contribution in [1.82, 2.24) is 5.32 Å². The van der Waals surface area contributed by atoms with Gasteiger partial charge in [-0.05, 0) is 56.3 Å². The molecular weight excluding hydrogens is 274 g/mol. The Hall–Kier alpha value is -1.51. The normalized spacial score (nSPS) is 16.9. The molecule has 0 aromatic carbocycles. The highest BCUT2D eigenvalue weighted by molar-refractivity contribution is 5.96. The Morgan fingerprint density at radius 3 is 2.59 bits per heavy atom. The van der Waals surface area contributed by atoms with Crippen molar-refractivity contribution in [3.63, 3.8) is 0 Å². The molecule has 1 unspecified atom stereocenters. The quantitative estimate of drug-likeness (QED) is 0.751. The summed E-state index contributed by atoms with van der Waals surface area (Å²) in [5.74, 6) is 1.51. The zero-order valence-electron chi connectivity index (χ0n) is 15.0. The van der Waals surface area contributed by atoms with Crippen LogP contribution in [0.25, 0.3) is 0 Å². The van der Waals surface area contributed by atoms with Gasteiger partial charge >= 0.3 is 0 Å². The van der Waals surface area contributed by atoms with E-state index in [-0.39, 0.29) is 11.9 Å². The predicted molar refractivity (Wildman–Crippen MR) is 92.5 cm³/mol. The van der Waals surface area contributed by atoms with Gasteiger partial charge in [0.25, 0.3) is 5.91 Å². The summed E-state index contributed by atoms with van der Waals surface area (Å²) in [7, 11) is 1.68. The molecule has 22 heavy (non-hydrogen) atoms. The molecule has 0 spiro atoms. The largest absolute Gasteiger partial charge is 0.497 e. The maximum Gasteiger partial charge on any atom is 0.251 e. The average Bonchev–Trinajstić information content (AvgIpc) is 2.57. The number of amides is 1. The molecule has 3 nitrogen and oxygen atoms in total. The fourth-order valence-electron chi connectivity index (χ4n) is 2.98. The summed E-state index contributed by atoms with van der Waals surface area (Å²) in [4.78, 5) is 12.6. The van der Waals surface area contributed by atoms with E-state index in [0.717, 1.165) is 48.2 Å². The van der Waals surface area contributed by atoms with Crippen LogP contribution in [0.1, 0.15) is 60.3 Å². The first-order valence-electron chi connectivity index (χ1n) is 8.32. The molecule has 0 aromatic rings. The number of rotatable bonds is 7. The Morgan fingerprint density at radius 2 is 2.05 bits per heavy atom. The van der Waals surface area contributed by atoms with Gasteiger partial charge in [0.05, 0.1) is 7.11 Å². The minimum Gasteiger partial charge on any atom is -0.497 e. The Kier molecular flexibility index (Phi) is 7.43. The number of carbonyl (C=O) groups is 1. The van der Waals surface area contributed by atoms with Crippen LogP contribution in [0.5, 0.6) is 0 Å². The molecule has 1 N–H and O–H groups in total. The third kappa shape index (κ3) is 5.36. The second-order valence-corrected chi connectivity index (χ2v) is 6.59. The van der Waals surface area contributed by atoms with Gasteiger partial charge in [0.1, 0.15) is 5.76 Å². The molecule has 0 aliphatic heterocycles. The molecule has 1 amide bonds. The van der Waals surface area contributed by atoms with E-state index in [2.05, 4.69) is 26.1 Å². The molecule has 0 aromatic heterocycles. The van der Waals surface area contributed by atoms with Crippen molar-refractivity contribution in [2.24, 2.45) is 5.92 Å². The molecule has 0 saturated heterocycles. The standard InChI is InChI=1S/C19H31NO2/c1-7-8-17(11-13(2)3)20-19(21)16-10-9-14(4)18(22-6)15(5)12-16/h10,12-13,17H,7-9,11H2,1-6H3,(H,20,21). The molecular formula is C19H31NO2. The van der Waals surface area contributed by atoms with Crippen molar-refractivity contribution >= 4 is 5.91 Å². The highest BCUT2D eigenvalue weighted by atomic mass is 16.5. The van der Waals surface area contributed by atoms with Gasteiger partial charge in [-0.15, -0.1) is 0 Å². The second kappa shape index (κ2) is 8.82. The number of nitrogens with one attached hydrogen (secondary N) is 1. The van der Waals surface area contributed by atoms with E-state index in [1.165, 1.54) is 0 Å². The Bertz CT molecular complexity index is 484. The molecule has 3 heteroatoms. The van der Waals surface area contributed by atoms with Crippen molar-refractivity contribution in [3.8, 4) is 0 Å². The number of hydrogen-bond acceptors (Lipinski definition) is 2. The SMILES string of the molecule is CCCC(CC(C)C)NC(=O)C1=CCC(C)=C(OC)C(C)=C1. The minimum absolute atomic E-state index is 0.0311. The number of carbonyl (C=O) groups excluding carboxylic acids is 1. The van der Waals surface area contributed by atoms with E-state index in [1.54, 1.807) is 7.11 Å². The summed E-state index contributed by atoms with van der Waals surface area (Å²) in [6.45, 7) is 10.6. The van der Waals surface area contributed by atoms with Gasteiger partial charge in [0.15, 0.2) is 0 Å². The molecule has 0 fully saturated rings. The van der Waals surface area contributed by atoms with E-state index < -0.39 is 0 Å². The maximum atomic E-state index is 12.6. The fourth-order valence-corrected chi connectivity index (χ4v) is 2.98. The monoisotopic (exact) mass is 305 g/mol. The van der Waals surface area contributed by atoms with Gasteiger partial charge < -0.3 is 10.1 Å². The first-order valence-corrected chi connectivity index (χ1v) is 8.32. The van der Waals surface area contributed by atoms with Crippen molar-refractivity contribution in [1.29, 1.82) is 0 Å². The first-order chi connectivity index (χ1) is 10.4. The van der Waals surface area contributed by atoms with Crippen LogP contribution in [0.2, 0.25) is 0 Å². The lowest BCUT2D eigenvalue weighted by molar-refractivity contribution is -0.118. The lowest BCUT2D eigenvalue weighted by Gasteiger charge is -2.20. The van der Waals surface area contributed by atoms with E-state index in [1.807, 2.05) is 26.0 Å². The summed E-state index contributed by atoms with van der Waals surface area (Å²) in [5, 5.41) is 3.20. The third-order valence-corrected chi connectivity index (χ3v) is 3.94. The maximum absolute atomic E-state index is 12.6. The van der Waals surface area contributed by atoms with E-state index in [0.29, 0.717) is 5.92 Å². The number of hydrogen-bond donors (Lipinski definition) is 1.